The second-order valence-corrected chi connectivity index (χ2v) is 5.88. The molecule has 1 N–H and O–H groups in total. The molecule has 1 unspecified atom stereocenters. The zero-order chi connectivity index (χ0) is 18.8. The molecule has 11 heteroatoms. The SMILES string of the molecule is COC(=S)NCC1CN(c2cc(F)c(N3CCOC3=O)c(F)c2)C(=O)O1. The van der Waals surface area contributed by atoms with Crippen LogP contribution in [0, 0.1) is 11.6 Å². The number of nitrogens with one attached hydrogen (secondary N) is 1. The minimum Gasteiger partial charge on any atom is -0.474 e. The van der Waals surface area contributed by atoms with Gasteiger partial charge in [-0.1, -0.05) is 0 Å². The largest absolute Gasteiger partial charge is 0.474 e. The number of cyclic esters (lactones) is 2. The molecular weight excluding hydrogens is 372 g/mol. The first-order valence-electron chi connectivity index (χ1n) is 7.64. The lowest BCUT2D eigenvalue weighted by Gasteiger charge is -2.18. The highest BCUT2D eigenvalue weighted by atomic mass is 32.1. The molecule has 0 saturated carbocycles. The summed E-state index contributed by atoms with van der Waals surface area (Å²) in [6, 6.07) is 1.95. The van der Waals surface area contributed by atoms with Crippen molar-refractivity contribution in [1.82, 2.24) is 5.32 Å². The van der Waals surface area contributed by atoms with E-state index in [1.165, 1.54) is 7.11 Å². The molecule has 0 aliphatic carbocycles. The second-order valence-electron chi connectivity index (χ2n) is 5.51. The lowest BCUT2D eigenvalue weighted by Crippen LogP contribution is -2.34. The molecule has 2 saturated heterocycles. The van der Waals surface area contributed by atoms with Crippen LogP contribution in [0.5, 0.6) is 0 Å². The second kappa shape index (κ2) is 7.28. The summed E-state index contributed by atoms with van der Waals surface area (Å²) < 4.78 is 43.4. The van der Waals surface area contributed by atoms with Crippen LogP contribution in [0.25, 0.3) is 0 Å². The highest BCUT2D eigenvalue weighted by Crippen LogP contribution is 2.32. The average Bonchev–Trinajstić information content (AvgIpc) is 3.18. The summed E-state index contributed by atoms with van der Waals surface area (Å²) in [5.74, 6) is -1.96. The molecule has 2 aliphatic rings. The van der Waals surface area contributed by atoms with Gasteiger partial charge in [0.25, 0.3) is 5.17 Å². The highest BCUT2D eigenvalue weighted by Gasteiger charge is 2.35. The summed E-state index contributed by atoms with van der Waals surface area (Å²) in [7, 11) is 1.39. The van der Waals surface area contributed by atoms with Crippen molar-refractivity contribution in [3.05, 3.63) is 23.8 Å². The van der Waals surface area contributed by atoms with Gasteiger partial charge in [0.05, 0.1) is 32.4 Å². The first-order chi connectivity index (χ1) is 12.4. The van der Waals surface area contributed by atoms with E-state index in [-0.39, 0.29) is 37.1 Å². The Morgan fingerprint density at radius 1 is 1.31 bits per heavy atom. The van der Waals surface area contributed by atoms with E-state index in [4.69, 9.17) is 21.7 Å². The molecule has 0 radical (unpaired) electrons. The zero-order valence-corrected chi connectivity index (χ0v) is 14.5. The third kappa shape index (κ3) is 3.47. The van der Waals surface area contributed by atoms with Crippen LogP contribution < -0.4 is 15.1 Å². The molecular formula is C15H15F2N3O5S. The van der Waals surface area contributed by atoms with Crippen LogP contribution in [0.3, 0.4) is 0 Å². The predicted molar refractivity (Wildman–Crippen MR) is 90.3 cm³/mol. The van der Waals surface area contributed by atoms with Gasteiger partial charge in [0, 0.05) is 12.1 Å². The third-order valence-corrected chi connectivity index (χ3v) is 4.19. The van der Waals surface area contributed by atoms with Gasteiger partial charge in [-0.05, 0) is 12.2 Å². The van der Waals surface area contributed by atoms with Gasteiger partial charge in [-0.3, -0.25) is 9.80 Å². The molecule has 0 bridgehead atoms. The molecule has 0 spiro atoms. The zero-order valence-electron chi connectivity index (χ0n) is 13.7. The molecule has 26 heavy (non-hydrogen) atoms. The lowest BCUT2D eigenvalue weighted by molar-refractivity contribution is 0.142. The number of benzene rings is 1. The van der Waals surface area contributed by atoms with Crippen LogP contribution in [0.15, 0.2) is 12.1 Å². The van der Waals surface area contributed by atoms with Gasteiger partial charge < -0.3 is 19.5 Å². The number of hydrogen-bond donors (Lipinski definition) is 1. The molecule has 1 aromatic rings. The van der Waals surface area contributed by atoms with Crippen molar-refractivity contribution in [3.63, 3.8) is 0 Å². The maximum atomic E-state index is 14.4. The van der Waals surface area contributed by atoms with E-state index in [1.807, 2.05) is 0 Å². The smallest absolute Gasteiger partial charge is 0.414 e. The molecule has 140 valence electrons. The summed E-state index contributed by atoms with van der Waals surface area (Å²) in [4.78, 5) is 25.5. The number of nitrogens with zero attached hydrogens (tertiary/aromatic N) is 2. The summed E-state index contributed by atoms with van der Waals surface area (Å²) in [6.07, 6.45) is -2.14. The van der Waals surface area contributed by atoms with Crippen molar-refractivity contribution in [3.8, 4) is 0 Å². The summed E-state index contributed by atoms with van der Waals surface area (Å²) in [6.45, 7) is 0.362. The quantitative estimate of drug-likeness (QED) is 0.789. The number of carbonyl (C=O) groups is 2. The van der Waals surface area contributed by atoms with Crippen LogP contribution in [0.4, 0.5) is 29.7 Å². The van der Waals surface area contributed by atoms with E-state index in [0.717, 1.165) is 21.9 Å². The van der Waals surface area contributed by atoms with Crippen LogP contribution >= 0.6 is 12.2 Å². The van der Waals surface area contributed by atoms with Crippen molar-refractivity contribution in [2.24, 2.45) is 0 Å². The monoisotopic (exact) mass is 387 g/mol. The normalized spacial score (nSPS) is 19.4. The average molecular weight is 387 g/mol. The number of thiocarbonyl (C=S) groups is 1. The van der Waals surface area contributed by atoms with Gasteiger partial charge in [-0.2, -0.15) is 0 Å². The van der Waals surface area contributed by atoms with Gasteiger partial charge in [0.2, 0.25) is 0 Å². The van der Waals surface area contributed by atoms with Gasteiger partial charge in [0.15, 0.2) is 11.6 Å². The molecule has 1 aromatic carbocycles. The molecule has 8 nitrogen and oxygen atoms in total. The van der Waals surface area contributed by atoms with Crippen molar-refractivity contribution >= 4 is 41.0 Å². The first kappa shape index (κ1) is 18.1. The number of carbonyl (C=O) groups excluding carboxylic acids is 2. The van der Waals surface area contributed by atoms with E-state index in [2.05, 4.69) is 10.1 Å². The van der Waals surface area contributed by atoms with Crippen molar-refractivity contribution in [1.29, 1.82) is 0 Å². The Kier molecular flexibility index (Phi) is 5.07. The third-order valence-electron chi connectivity index (χ3n) is 3.88. The van der Waals surface area contributed by atoms with E-state index < -0.39 is 35.6 Å². The summed E-state index contributed by atoms with van der Waals surface area (Å²) in [5, 5.41) is 2.88. The van der Waals surface area contributed by atoms with Crippen molar-refractivity contribution in [2.75, 3.05) is 43.2 Å². The van der Waals surface area contributed by atoms with Gasteiger partial charge in [0.1, 0.15) is 18.4 Å². The summed E-state index contributed by atoms with van der Waals surface area (Å²) in [5.41, 5.74) is -0.523. The summed E-state index contributed by atoms with van der Waals surface area (Å²) >= 11 is 4.82. The molecule has 3 rings (SSSR count). The Bertz CT molecular complexity index is 740. The molecule has 2 amide bonds. The number of hydrogen-bond acceptors (Lipinski definition) is 6. The topological polar surface area (TPSA) is 80.3 Å². The van der Waals surface area contributed by atoms with Gasteiger partial charge in [-0.15, -0.1) is 0 Å². The number of methoxy groups -OCH3 is 1. The van der Waals surface area contributed by atoms with E-state index in [0.29, 0.717) is 0 Å². The Hall–Kier alpha value is -2.69. The van der Waals surface area contributed by atoms with E-state index in [9.17, 15) is 18.4 Å². The van der Waals surface area contributed by atoms with Crippen LogP contribution in [0.1, 0.15) is 0 Å². The number of rotatable bonds is 4. The number of halogens is 2. The van der Waals surface area contributed by atoms with Crippen molar-refractivity contribution in [2.45, 2.75) is 6.10 Å². The van der Waals surface area contributed by atoms with Gasteiger partial charge >= 0.3 is 12.2 Å². The van der Waals surface area contributed by atoms with Crippen molar-refractivity contribution < 1.29 is 32.6 Å². The van der Waals surface area contributed by atoms with Crippen LogP contribution in [-0.4, -0.2) is 56.8 Å². The number of ether oxygens (including phenoxy) is 3. The minimum absolute atomic E-state index is 0.0156. The fraction of sp³-hybridized carbons (Fsp3) is 0.400. The first-order valence-corrected chi connectivity index (χ1v) is 8.05. The fourth-order valence-corrected chi connectivity index (χ4v) is 2.75. The molecule has 2 aliphatic heterocycles. The van der Waals surface area contributed by atoms with E-state index in [1.54, 1.807) is 0 Å². The Morgan fingerprint density at radius 2 is 2.00 bits per heavy atom. The lowest BCUT2D eigenvalue weighted by atomic mass is 10.2. The highest BCUT2D eigenvalue weighted by molar-refractivity contribution is 7.80. The molecule has 1 atom stereocenters. The number of anilines is 2. The Balaban J connectivity index is 1.76. The Morgan fingerprint density at radius 3 is 2.58 bits per heavy atom. The standard InChI is InChI=1S/C15H15F2N3O5S/c1-23-13(26)18-6-9-7-20(15(22)25-9)8-4-10(16)12(11(17)5-8)19-2-3-24-14(19)21/h4-5,9H,2-3,6-7H2,1H3,(H,18,26). The molecule has 0 aromatic heterocycles. The predicted octanol–water partition coefficient (Wildman–Crippen LogP) is 1.77. The van der Waals surface area contributed by atoms with Crippen LogP contribution in [-0.2, 0) is 14.2 Å². The van der Waals surface area contributed by atoms with Crippen LogP contribution in [0.2, 0.25) is 0 Å². The maximum Gasteiger partial charge on any atom is 0.414 e. The minimum atomic E-state index is -0.978. The van der Waals surface area contributed by atoms with E-state index >= 15 is 0 Å². The maximum absolute atomic E-state index is 14.4. The molecule has 2 fully saturated rings. The number of amides is 2. The molecule has 2 heterocycles. The fourth-order valence-electron chi connectivity index (χ4n) is 2.67. The Labute approximate surface area is 152 Å². The van der Waals surface area contributed by atoms with Gasteiger partial charge in [-0.25, -0.2) is 18.4 Å².